The number of hydrogen-bond donors (Lipinski definition) is 0. The average Bonchev–Trinajstić information content (AvgIpc) is 2.67. The third kappa shape index (κ3) is 5.09. The van der Waals surface area contributed by atoms with Crippen LogP contribution in [0.5, 0.6) is 0 Å². The Hall–Kier alpha value is -2.41. The first-order chi connectivity index (χ1) is 14.3. The van der Waals surface area contributed by atoms with Crippen molar-refractivity contribution in [2.75, 3.05) is 0 Å². The quantitative estimate of drug-likeness (QED) is 0.276. The summed E-state index contributed by atoms with van der Waals surface area (Å²) >= 11 is 0. The first kappa shape index (κ1) is 23.3. The zero-order valence-corrected chi connectivity index (χ0v) is 17.9. The van der Waals surface area contributed by atoms with E-state index in [4.69, 9.17) is 0 Å². The molecule has 0 amide bonds. The number of rotatable bonds is 3. The maximum absolute atomic E-state index is 13.8. The minimum absolute atomic E-state index is 0.185. The van der Waals surface area contributed by atoms with Gasteiger partial charge in [-0.25, -0.2) is 0 Å². The van der Waals surface area contributed by atoms with Gasteiger partial charge in [0.05, 0.1) is 0 Å². The predicted molar refractivity (Wildman–Crippen MR) is 110 cm³/mol. The number of alkyl halides is 6. The highest BCUT2D eigenvalue weighted by Crippen LogP contribution is 2.44. The molecule has 0 aliphatic heterocycles. The molecule has 0 bridgehead atoms. The topological polar surface area (TPSA) is 0 Å². The van der Waals surface area contributed by atoms with Crippen LogP contribution in [0.3, 0.4) is 0 Å². The van der Waals surface area contributed by atoms with Crippen LogP contribution in [0.1, 0.15) is 37.5 Å². The van der Waals surface area contributed by atoms with Crippen molar-refractivity contribution < 1.29 is 26.3 Å². The molecular weight excluding hydrogens is 434 g/mol. The van der Waals surface area contributed by atoms with Crippen LogP contribution in [-0.2, 0) is 28.7 Å². The third-order valence-electron chi connectivity index (χ3n) is 4.78. The van der Waals surface area contributed by atoms with E-state index in [0.29, 0.717) is 4.90 Å². The first-order valence-corrected chi connectivity index (χ1v) is 10.7. The van der Waals surface area contributed by atoms with Crippen LogP contribution in [0.2, 0.25) is 0 Å². The molecule has 0 unspecified atom stereocenters. The Morgan fingerprint density at radius 3 is 1.29 bits per heavy atom. The summed E-state index contributed by atoms with van der Waals surface area (Å²) in [6.07, 6.45) is -9.39. The lowest BCUT2D eigenvalue weighted by molar-refractivity contribution is -0.140. The van der Waals surface area contributed by atoms with Crippen molar-refractivity contribution >= 4 is 10.9 Å². The monoisotopic (exact) mass is 455 g/mol. The van der Waals surface area contributed by atoms with E-state index in [1.807, 2.05) is 20.8 Å². The van der Waals surface area contributed by atoms with Crippen molar-refractivity contribution in [3.63, 3.8) is 0 Å². The lowest BCUT2D eigenvalue weighted by Gasteiger charge is -2.20. The van der Waals surface area contributed by atoms with E-state index in [9.17, 15) is 26.3 Å². The van der Waals surface area contributed by atoms with Gasteiger partial charge in [-0.1, -0.05) is 57.2 Å². The van der Waals surface area contributed by atoms with E-state index < -0.39 is 34.4 Å². The molecule has 0 aliphatic rings. The van der Waals surface area contributed by atoms with Gasteiger partial charge in [0.25, 0.3) is 0 Å². The molecule has 3 aromatic carbocycles. The number of hydrogen-bond acceptors (Lipinski definition) is 0. The fourth-order valence-electron chi connectivity index (χ4n) is 3.22. The molecule has 3 rings (SSSR count). The summed E-state index contributed by atoms with van der Waals surface area (Å²) in [5, 5.41) is 0. The molecule has 0 saturated carbocycles. The number of benzene rings is 3. The second-order valence-corrected chi connectivity index (χ2v) is 10.0. The Morgan fingerprint density at radius 1 is 0.548 bits per heavy atom. The summed E-state index contributed by atoms with van der Waals surface area (Å²) in [7, 11) is -1.61. The summed E-state index contributed by atoms with van der Waals surface area (Å²) < 4.78 is 82.7. The molecule has 0 aliphatic carbocycles. The van der Waals surface area contributed by atoms with E-state index in [0.717, 1.165) is 17.7 Å². The van der Waals surface area contributed by atoms with E-state index >= 15 is 0 Å². The molecule has 0 saturated heterocycles. The zero-order chi connectivity index (χ0) is 23.0. The summed E-state index contributed by atoms with van der Waals surface area (Å²) in [5.41, 5.74) is -1.14. The van der Waals surface area contributed by atoms with Crippen LogP contribution >= 0.6 is 0 Å². The van der Waals surface area contributed by atoms with Crippen molar-refractivity contribution in [2.45, 2.75) is 53.2 Å². The van der Waals surface area contributed by atoms with Gasteiger partial charge in [-0.05, 0) is 47.4 Å². The van der Waals surface area contributed by atoms with Crippen LogP contribution < -0.4 is 0 Å². The standard InChI is InChI=1S/C24H21F6S/c1-22(2,3)16-12-14-17(15-13-16)31(20-10-6-4-8-18(20)23(25,26)27)21-11-7-5-9-19(21)24(28,29)30/h4-15H,1-3H3/q+1. The Labute approximate surface area is 180 Å². The fraction of sp³-hybridized carbons (Fsp3) is 0.250. The maximum Gasteiger partial charge on any atom is 0.421 e. The smallest absolute Gasteiger partial charge is 0.166 e. The molecule has 164 valence electrons. The van der Waals surface area contributed by atoms with E-state index in [1.165, 1.54) is 36.4 Å². The molecule has 0 radical (unpaired) electrons. The molecule has 0 fully saturated rings. The molecule has 7 heteroatoms. The van der Waals surface area contributed by atoms with Crippen LogP contribution in [0.4, 0.5) is 26.3 Å². The van der Waals surface area contributed by atoms with Crippen molar-refractivity contribution in [1.82, 2.24) is 0 Å². The molecule has 3 aromatic rings. The third-order valence-corrected chi connectivity index (χ3v) is 7.12. The molecular formula is C24H21F6S+. The van der Waals surface area contributed by atoms with Gasteiger partial charge in [0.2, 0.25) is 0 Å². The summed E-state index contributed by atoms with van der Waals surface area (Å²) in [4.78, 5) is 0.0202. The number of halogens is 6. The second-order valence-electron chi connectivity index (χ2n) is 8.07. The van der Waals surface area contributed by atoms with Crippen LogP contribution in [-0.4, -0.2) is 0 Å². The molecule has 0 N–H and O–H groups in total. The predicted octanol–water partition coefficient (Wildman–Crippen LogP) is 8.12. The fourth-order valence-corrected chi connectivity index (χ4v) is 5.61. The van der Waals surface area contributed by atoms with Crippen molar-refractivity contribution in [3.05, 3.63) is 89.5 Å². The Balaban J connectivity index is 2.31. The van der Waals surface area contributed by atoms with E-state index in [2.05, 4.69) is 0 Å². The molecule has 0 spiro atoms. The van der Waals surface area contributed by atoms with Gasteiger partial charge in [-0.15, -0.1) is 0 Å². The molecule has 0 nitrogen and oxygen atoms in total. The highest BCUT2D eigenvalue weighted by molar-refractivity contribution is 7.97. The highest BCUT2D eigenvalue weighted by Gasteiger charge is 2.46. The Kier molecular flexibility index (Phi) is 6.20. The van der Waals surface area contributed by atoms with Crippen LogP contribution in [0.25, 0.3) is 0 Å². The van der Waals surface area contributed by atoms with Crippen molar-refractivity contribution in [2.24, 2.45) is 0 Å². The second kappa shape index (κ2) is 8.26. The van der Waals surface area contributed by atoms with Crippen molar-refractivity contribution in [3.8, 4) is 0 Å². The normalized spacial score (nSPS) is 13.0. The lowest BCUT2D eigenvalue weighted by atomic mass is 9.87. The molecule has 31 heavy (non-hydrogen) atoms. The Bertz CT molecular complexity index is 986. The largest absolute Gasteiger partial charge is 0.421 e. The average molecular weight is 455 g/mol. The first-order valence-electron chi connectivity index (χ1n) is 9.47. The Morgan fingerprint density at radius 2 is 0.935 bits per heavy atom. The van der Waals surface area contributed by atoms with Crippen LogP contribution in [0, 0.1) is 0 Å². The van der Waals surface area contributed by atoms with Gasteiger partial charge >= 0.3 is 12.4 Å². The summed E-state index contributed by atoms with van der Waals surface area (Å²) in [6.45, 7) is 5.96. The summed E-state index contributed by atoms with van der Waals surface area (Å²) in [5.74, 6) is 0. The lowest BCUT2D eigenvalue weighted by Crippen LogP contribution is -2.18. The summed E-state index contributed by atoms with van der Waals surface area (Å²) in [6, 6.07) is 16.5. The van der Waals surface area contributed by atoms with Gasteiger partial charge in [0, 0.05) is 0 Å². The van der Waals surface area contributed by atoms with Gasteiger partial charge < -0.3 is 0 Å². The zero-order valence-electron chi connectivity index (χ0n) is 17.1. The van der Waals surface area contributed by atoms with Gasteiger partial charge in [0.15, 0.2) is 14.7 Å². The van der Waals surface area contributed by atoms with Gasteiger partial charge in [-0.2, -0.15) is 26.3 Å². The minimum Gasteiger partial charge on any atom is -0.166 e. The van der Waals surface area contributed by atoms with Gasteiger partial charge in [-0.3, -0.25) is 0 Å². The SMILES string of the molecule is CC(C)(C)c1ccc([S+](c2ccccc2C(F)(F)F)c2ccccc2C(F)(F)F)cc1. The van der Waals surface area contributed by atoms with Gasteiger partial charge in [0.1, 0.15) is 22.0 Å². The highest BCUT2D eigenvalue weighted by atomic mass is 32.2. The van der Waals surface area contributed by atoms with E-state index in [1.54, 1.807) is 24.3 Å². The maximum atomic E-state index is 13.8. The van der Waals surface area contributed by atoms with Crippen molar-refractivity contribution in [1.29, 1.82) is 0 Å². The molecule has 0 heterocycles. The minimum atomic E-state index is -4.69. The van der Waals surface area contributed by atoms with Crippen LogP contribution in [0.15, 0.2) is 87.5 Å². The molecule has 0 aromatic heterocycles. The molecule has 0 atom stereocenters. The van der Waals surface area contributed by atoms with E-state index in [-0.39, 0.29) is 15.2 Å².